The Morgan fingerprint density at radius 2 is 2.24 bits per heavy atom. The number of amides is 1. The third kappa shape index (κ3) is 6.63. The molecule has 2 atom stereocenters. The predicted molar refractivity (Wildman–Crippen MR) is 97.6 cm³/mol. The standard InChI is InChI=1S/C19H31N3O3/c1-5-24-17-14-22(18(23)25-19(2,3)4)12-9-16(17)21-11-8-15-7-6-10-20-13-15/h6-7,10,13,16-17,21H,5,8-9,11-12,14H2,1-4H3. The highest BCUT2D eigenvalue weighted by molar-refractivity contribution is 5.68. The number of nitrogens with zero attached hydrogens (tertiary/aromatic N) is 2. The first-order valence-electron chi connectivity index (χ1n) is 9.11. The number of rotatable bonds is 6. The molecule has 0 aliphatic carbocycles. The lowest BCUT2D eigenvalue weighted by Crippen LogP contribution is -2.56. The van der Waals surface area contributed by atoms with Crippen molar-refractivity contribution in [2.24, 2.45) is 0 Å². The number of pyridine rings is 1. The maximum Gasteiger partial charge on any atom is 0.410 e. The Labute approximate surface area is 150 Å². The second-order valence-electron chi connectivity index (χ2n) is 7.38. The number of carbonyl (C=O) groups is 1. The van der Waals surface area contributed by atoms with Crippen LogP contribution in [-0.2, 0) is 15.9 Å². The van der Waals surface area contributed by atoms with Crippen molar-refractivity contribution >= 4 is 6.09 Å². The highest BCUT2D eigenvalue weighted by Crippen LogP contribution is 2.18. The van der Waals surface area contributed by atoms with E-state index < -0.39 is 5.60 Å². The molecule has 0 saturated carbocycles. The molecule has 140 valence electrons. The quantitative estimate of drug-likeness (QED) is 0.855. The Morgan fingerprint density at radius 1 is 1.44 bits per heavy atom. The molecule has 1 N–H and O–H groups in total. The van der Waals surface area contributed by atoms with Crippen molar-refractivity contribution in [3.63, 3.8) is 0 Å². The van der Waals surface area contributed by atoms with Gasteiger partial charge in [-0.25, -0.2) is 4.79 Å². The van der Waals surface area contributed by atoms with Gasteiger partial charge in [-0.3, -0.25) is 4.98 Å². The van der Waals surface area contributed by atoms with Crippen LogP contribution in [0, 0.1) is 0 Å². The van der Waals surface area contributed by atoms with Crippen LogP contribution in [0.25, 0.3) is 0 Å². The lowest BCUT2D eigenvalue weighted by molar-refractivity contribution is -0.0309. The van der Waals surface area contributed by atoms with E-state index in [1.165, 1.54) is 5.56 Å². The number of aromatic nitrogens is 1. The summed E-state index contributed by atoms with van der Waals surface area (Å²) in [7, 11) is 0. The van der Waals surface area contributed by atoms with E-state index in [4.69, 9.17) is 9.47 Å². The number of piperidine rings is 1. The lowest BCUT2D eigenvalue weighted by atomic mass is 10.0. The summed E-state index contributed by atoms with van der Waals surface area (Å²) in [6.45, 7) is 10.4. The maximum atomic E-state index is 12.3. The molecule has 1 saturated heterocycles. The Kier molecular flexibility index (Phi) is 7.20. The van der Waals surface area contributed by atoms with Crippen molar-refractivity contribution in [1.82, 2.24) is 15.2 Å². The minimum absolute atomic E-state index is 0.0137. The molecule has 2 heterocycles. The molecule has 6 nitrogen and oxygen atoms in total. The Hall–Kier alpha value is -1.66. The van der Waals surface area contributed by atoms with Crippen LogP contribution in [0.1, 0.15) is 39.7 Å². The van der Waals surface area contributed by atoms with Crippen LogP contribution < -0.4 is 5.32 Å². The molecule has 1 amide bonds. The fraction of sp³-hybridized carbons (Fsp3) is 0.684. The van der Waals surface area contributed by atoms with E-state index >= 15 is 0 Å². The first-order valence-corrected chi connectivity index (χ1v) is 9.11. The molecule has 0 bridgehead atoms. The van der Waals surface area contributed by atoms with Crippen LogP contribution in [-0.4, -0.2) is 60.0 Å². The van der Waals surface area contributed by atoms with E-state index in [1.807, 2.05) is 40.0 Å². The average Bonchev–Trinajstić information content (AvgIpc) is 2.56. The van der Waals surface area contributed by atoms with E-state index in [0.717, 1.165) is 19.4 Å². The van der Waals surface area contributed by atoms with E-state index in [0.29, 0.717) is 19.7 Å². The fourth-order valence-corrected chi connectivity index (χ4v) is 2.97. The van der Waals surface area contributed by atoms with Crippen molar-refractivity contribution in [2.45, 2.75) is 58.3 Å². The van der Waals surface area contributed by atoms with Gasteiger partial charge >= 0.3 is 6.09 Å². The number of hydrogen-bond donors (Lipinski definition) is 1. The van der Waals surface area contributed by atoms with Crippen molar-refractivity contribution in [3.05, 3.63) is 30.1 Å². The zero-order chi connectivity index (χ0) is 18.3. The second-order valence-corrected chi connectivity index (χ2v) is 7.38. The molecular formula is C19H31N3O3. The molecular weight excluding hydrogens is 318 g/mol. The summed E-state index contributed by atoms with van der Waals surface area (Å²) in [6.07, 6.45) is 5.20. The van der Waals surface area contributed by atoms with Crippen molar-refractivity contribution < 1.29 is 14.3 Å². The summed E-state index contributed by atoms with van der Waals surface area (Å²) in [5.41, 5.74) is 0.742. The highest BCUT2D eigenvalue weighted by atomic mass is 16.6. The molecule has 1 fully saturated rings. The van der Waals surface area contributed by atoms with Gasteiger partial charge in [-0.15, -0.1) is 0 Å². The monoisotopic (exact) mass is 349 g/mol. The van der Waals surface area contributed by atoms with Gasteiger partial charge in [0.15, 0.2) is 0 Å². The Balaban J connectivity index is 1.85. The van der Waals surface area contributed by atoms with Crippen LogP contribution >= 0.6 is 0 Å². The fourth-order valence-electron chi connectivity index (χ4n) is 2.97. The molecule has 0 radical (unpaired) electrons. The summed E-state index contributed by atoms with van der Waals surface area (Å²) in [4.78, 5) is 18.2. The summed E-state index contributed by atoms with van der Waals surface area (Å²) < 4.78 is 11.4. The van der Waals surface area contributed by atoms with E-state index in [1.54, 1.807) is 11.1 Å². The van der Waals surface area contributed by atoms with E-state index in [9.17, 15) is 4.79 Å². The van der Waals surface area contributed by atoms with Gasteiger partial charge in [0.25, 0.3) is 0 Å². The molecule has 2 rings (SSSR count). The van der Waals surface area contributed by atoms with Crippen LogP contribution in [0.3, 0.4) is 0 Å². The van der Waals surface area contributed by atoms with Gasteiger partial charge in [-0.1, -0.05) is 6.07 Å². The molecule has 0 spiro atoms. The zero-order valence-electron chi connectivity index (χ0n) is 15.8. The number of ether oxygens (including phenoxy) is 2. The first kappa shape index (κ1) is 19.7. The van der Waals surface area contributed by atoms with Crippen LogP contribution in [0.2, 0.25) is 0 Å². The topological polar surface area (TPSA) is 63.7 Å². The summed E-state index contributed by atoms with van der Waals surface area (Å²) in [5.74, 6) is 0. The smallest absolute Gasteiger partial charge is 0.410 e. The third-order valence-electron chi connectivity index (χ3n) is 4.13. The van der Waals surface area contributed by atoms with Gasteiger partial charge in [0, 0.05) is 31.6 Å². The lowest BCUT2D eigenvalue weighted by Gasteiger charge is -2.39. The number of nitrogens with one attached hydrogen (secondary N) is 1. The number of likely N-dealkylation sites (tertiary alicyclic amines) is 1. The second kappa shape index (κ2) is 9.15. The summed E-state index contributed by atoms with van der Waals surface area (Å²) >= 11 is 0. The molecule has 6 heteroatoms. The van der Waals surface area contributed by atoms with Gasteiger partial charge < -0.3 is 19.7 Å². The normalized spacial score (nSPS) is 21.2. The zero-order valence-corrected chi connectivity index (χ0v) is 15.8. The largest absolute Gasteiger partial charge is 0.444 e. The molecule has 1 aliphatic heterocycles. The average molecular weight is 349 g/mol. The van der Waals surface area contributed by atoms with Crippen molar-refractivity contribution in [3.8, 4) is 0 Å². The van der Waals surface area contributed by atoms with Gasteiger partial charge in [0.2, 0.25) is 0 Å². The Morgan fingerprint density at radius 3 is 2.88 bits per heavy atom. The van der Waals surface area contributed by atoms with E-state index in [-0.39, 0.29) is 18.2 Å². The van der Waals surface area contributed by atoms with Crippen LogP contribution in [0.4, 0.5) is 4.79 Å². The van der Waals surface area contributed by atoms with Crippen molar-refractivity contribution in [2.75, 3.05) is 26.2 Å². The number of carbonyl (C=O) groups excluding carboxylic acids is 1. The highest BCUT2D eigenvalue weighted by Gasteiger charge is 2.33. The minimum atomic E-state index is -0.475. The van der Waals surface area contributed by atoms with Gasteiger partial charge in [-0.2, -0.15) is 0 Å². The maximum absolute atomic E-state index is 12.3. The minimum Gasteiger partial charge on any atom is -0.444 e. The summed E-state index contributed by atoms with van der Waals surface area (Å²) in [6, 6.07) is 4.28. The van der Waals surface area contributed by atoms with Gasteiger partial charge in [-0.05, 0) is 58.7 Å². The van der Waals surface area contributed by atoms with E-state index in [2.05, 4.69) is 16.4 Å². The molecule has 1 aromatic heterocycles. The van der Waals surface area contributed by atoms with Gasteiger partial charge in [0.1, 0.15) is 5.60 Å². The number of hydrogen-bond acceptors (Lipinski definition) is 5. The van der Waals surface area contributed by atoms with Crippen molar-refractivity contribution in [1.29, 1.82) is 0 Å². The molecule has 25 heavy (non-hydrogen) atoms. The molecule has 2 unspecified atom stereocenters. The first-order chi connectivity index (χ1) is 11.9. The molecule has 1 aromatic rings. The SMILES string of the molecule is CCOC1CN(C(=O)OC(C)(C)C)CCC1NCCc1cccnc1. The molecule has 0 aromatic carbocycles. The van der Waals surface area contributed by atoms with Crippen LogP contribution in [0.15, 0.2) is 24.5 Å². The molecule has 1 aliphatic rings. The third-order valence-corrected chi connectivity index (χ3v) is 4.13. The van der Waals surface area contributed by atoms with Crippen LogP contribution in [0.5, 0.6) is 0 Å². The predicted octanol–water partition coefficient (Wildman–Crippen LogP) is 2.63. The summed E-state index contributed by atoms with van der Waals surface area (Å²) in [5, 5.41) is 3.58. The van der Waals surface area contributed by atoms with Gasteiger partial charge in [0.05, 0.1) is 12.6 Å². The Bertz CT molecular complexity index is 530.